The molecule has 0 spiro atoms. The van der Waals surface area contributed by atoms with Crippen molar-refractivity contribution in [2.24, 2.45) is 0 Å². The van der Waals surface area contributed by atoms with Gasteiger partial charge in [-0.2, -0.15) is 0 Å². The van der Waals surface area contributed by atoms with Gasteiger partial charge in [0.15, 0.2) is 28.6 Å². The number of allylic oxidation sites excluding steroid dienone is 1. The van der Waals surface area contributed by atoms with Crippen LogP contribution in [-0.4, -0.2) is 33.7 Å². The second-order valence-electron chi connectivity index (χ2n) is 6.26. The van der Waals surface area contributed by atoms with Crippen molar-refractivity contribution in [2.45, 2.75) is 17.8 Å². The monoisotopic (exact) mass is 413 g/mol. The van der Waals surface area contributed by atoms with Gasteiger partial charge in [0.1, 0.15) is 18.2 Å². The number of hydrogen-bond donors (Lipinski definition) is 0. The molecule has 4 rings (SSSR count). The fourth-order valence-corrected chi connectivity index (χ4v) is 3.69. The second-order valence-corrected chi connectivity index (χ2v) is 7.32. The Morgan fingerprint density at radius 2 is 1.97 bits per heavy atom. The average Bonchev–Trinajstić information content (AvgIpc) is 3.15. The number of nitrogens with zero attached hydrogens (tertiary/aromatic N) is 3. The van der Waals surface area contributed by atoms with Crippen LogP contribution in [0, 0.1) is 5.82 Å². The van der Waals surface area contributed by atoms with Crippen LogP contribution in [0.15, 0.2) is 66.3 Å². The molecular weight excluding hydrogens is 393 g/mol. The highest BCUT2D eigenvalue weighted by Crippen LogP contribution is 2.36. The van der Waals surface area contributed by atoms with E-state index in [1.54, 1.807) is 18.2 Å². The minimum Gasteiger partial charge on any atom is -0.493 e. The molecule has 0 aliphatic carbocycles. The summed E-state index contributed by atoms with van der Waals surface area (Å²) in [5.41, 5.74) is 0. The van der Waals surface area contributed by atoms with Gasteiger partial charge in [-0.25, -0.2) is 4.39 Å². The lowest BCUT2D eigenvalue weighted by molar-refractivity contribution is 0.0821. The standard InChI is InChI=1S/C21H20FN3O3S/c1-2-11-25-20(19-14-27-17-5-3-4-6-18(17)28-19)23-24-21(25)29-13-12-26-16-9-7-15(22)8-10-16/h2-10,19H,1,11-14H2/t19-/m0/s1. The van der Waals surface area contributed by atoms with Gasteiger partial charge < -0.3 is 14.2 Å². The van der Waals surface area contributed by atoms with Crippen LogP contribution < -0.4 is 14.2 Å². The Morgan fingerprint density at radius 3 is 2.76 bits per heavy atom. The normalized spacial score (nSPS) is 15.1. The minimum absolute atomic E-state index is 0.284. The largest absolute Gasteiger partial charge is 0.493 e. The van der Waals surface area contributed by atoms with Crippen molar-refractivity contribution in [3.8, 4) is 17.2 Å². The molecule has 0 fully saturated rings. The topological polar surface area (TPSA) is 58.4 Å². The number of thioether (sulfide) groups is 1. The average molecular weight is 413 g/mol. The number of hydrogen-bond acceptors (Lipinski definition) is 6. The van der Waals surface area contributed by atoms with Crippen molar-refractivity contribution in [1.29, 1.82) is 0 Å². The minimum atomic E-state index is -0.345. The number of rotatable bonds is 8. The Hall–Kier alpha value is -3.00. The zero-order chi connectivity index (χ0) is 20.1. The number of ether oxygens (including phenoxy) is 3. The van der Waals surface area contributed by atoms with E-state index in [9.17, 15) is 4.39 Å². The summed E-state index contributed by atoms with van der Waals surface area (Å²) >= 11 is 1.53. The summed E-state index contributed by atoms with van der Waals surface area (Å²) in [5, 5.41) is 9.40. The molecule has 1 aliphatic rings. The molecule has 2 heterocycles. The quantitative estimate of drug-likeness (QED) is 0.312. The fraction of sp³-hybridized carbons (Fsp3) is 0.238. The Kier molecular flexibility index (Phi) is 6.00. The summed E-state index contributed by atoms with van der Waals surface area (Å²) in [6, 6.07) is 13.5. The molecule has 0 saturated carbocycles. The first-order chi connectivity index (χ1) is 14.2. The molecule has 150 valence electrons. The summed E-state index contributed by atoms with van der Waals surface area (Å²) < 4.78 is 32.4. The van der Waals surface area contributed by atoms with Crippen LogP contribution in [0.4, 0.5) is 4.39 Å². The molecule has 29 heavy (non-hydrogen) atoms. The predicted molar refractivity (Wildman–Crippen MR) is 108 cm³/mol. The van der Waals surface area contributed by atoms with Crippen LogP contribution in [0.1, 0.15) is 11.9 Å². The van der Waals surface area contributed by atoms with Gasteiger partial charge in [-0.15, -0.1) is 16.8 Å². The van der Waals surface area contributed by atoms with Crippen LogP contribution in [0.3, 0.4) is 0 Å². The lowest BCUT2D eigenvalue weighted by atomic mass is 10.2. The van der Waals surface area contributed by atoms with E-state index in [0.717, 1.165) is 10.9 Å². The van der Waals surface area contributed by atoms with Gasteiger partial charge in [0.25, 0.3) is 0 Å². The lowest BCUT2D eigenvalue weighted by Crippen LogP contribution is -2.25. The number of benzene rings is 2. The third-order valence-corrected chi connectivity index (χ3v) is 5.18. The van der Waals surface area contributed by atoms with Gasteiger partial charge in [0.2, 0.25) is 0 Å². The second kappa shape index (κ2) is 9.00. The summed E-state index contributed by atoms with van der Waals surface area (Å²) in [6.07, 6.45) is 1.45. The summed E-state index contributed by atoms with van der Waals surface area (Å²) in [6.45, 7) is 5.22. The molecule has 1 aromatic heterocycles. The first-order valence-electron chi connectivity index (χ1n) is 9.18. The lowest BCUT2D eigenvalue weighted by Gasteiger charge is -2.26. The van der Waals surface area contributed by atoms with Crippen molar-refractivity contribution >= 4 is 11.8 Å². The molecule has 3 aromatic rings. The third kappa shape index (κ3) is 4.54. The van der Waals surface area contributed by atoms with E-state index in [0.29, 0.717) is 42.8 Å². The van der Waals surface area contributed by atoms with Gasteiger partial charge in [0, 0.05) is 12.3 Å². The van der Waals surface area contributed by atoms with Crippen LogP contribution >= 0.6 is 11.8 Å². The van der Waals surface area contributed by atoms with E-state index in [2.05, 4.69) is 16.8 Å². The molecule has 0 bridgehead atoms. The fourth-order valence-electron chi connectivity index (χ4n) is 2.92. The van der Waals surface area contributed by atoms with Gasteiger partial charge in [-0.05, 0) is 36.4 Å². The van der Waals surface area contributed by atoms with Crippen molar-refractivity contribution < 1.29 is 18.6 Å². The summed E-state index contributed by atoms with van der Waals surface area (Å²) in [4.78, 5) is 0. The molecular formula is C21H20FN3O3S. The highest BCUT2D eigenvalue weighted by molar-refractivity contribution is 7.99. The maximum atomic E-state index is 12.9. The molecule has 2 aromatic carbocycles. The zero-order valence-electron chi connectivity index (χ0n) is 15.7. The van der Waals surface area contributed by atoms with Gasteiger partial charge in [-0.3, -0.25) is 4.57 Å². The van der Waals surface area contributed by atoms with Gasteiger partial charge >= 0.3 is 0 Å². The Morgan fingerprint density at radius 1 is 1.17 bits per heavy atom. The SMILES string of the molecule is C=CCn1c(SCCOc2ccc(F)cc2)nnc1[C@@H]1COc2ccccc2O1. The summed E-state index contributed by atoms with van der Waals surface area (Å²) in [7, 11) is 0. The molecule has 0 amide bonds. The van der Waals surface area contributed by atoms with Crippen LogP contribution in [-0.2, 0) is 6.54 Å². The number of fused-ring (bicyclic) bond motifs is 1. The van der Waals surface area contributed by atoms with Crippen molar-refractivity contribution in [1.82, 2.24) is 14.8 Å². The maximum Gasteiger partial charge on any atom is 0.192 e. The Labute approximate surface area is 172 Å². The molecule has 1 aliphatic heterocycles. The molecule has 0 saturated heterocycles. The Bertz CT molecular complexity index is 978. The van der Waals surface area contributed by atoms with Crippen LogP contribution in [0.2, 0.25) is 0 Å². The first kappa shape index (κ1) is 19.3. The van der Waals surface area contributed by atoms with Crippen LogP contribution in [0.25, 0.3) is 0 Å². The van der Waals surface area contributed by atoms with E-state index >= 15 is 0 Å². The molecule has 0 radical (unpaired) electrons. The number of para-hydroxylation sites is 2. The highest BCUT2D eigenvalue weighted by atomic mass is 32.2. The van der Waals surface area contributed by atoms with Crippen molar-refractivity contribution in [3.05, 3.63) is 72.8 Å². The van der Waals surface area contributed by atoms with E-state index in [1.165, 1.54) is 23.9 Å². The molecule has 6 nitrogen and oxygen atoms in total. The van der Waals surface area contributed by atoms with E-state index in [1.807, 2.05) is 28.8 Å². The Balaban J connectivity index is 1.40. The smallest absolute Gasteiger partial charge is 0.192 e. The van der Waals surface area contributed by atoms with Crippen LogP contribution in [0.5, 0.6) is 17.2 Å². The third-order valence-electron chi connectivity index (χ3n) is 4.25. The summed E-state index contributed by atoms with van der Waals surface area (Å²) in [5.74, 6) is 3.13. The molecule has 8 heteroatoms. The van der Waals surface area contributed by atoms with Crippen molar-refractivity contribution in [2.75, 3.05) is 19.0 Å². The maximum absolute atomic E-state index is 12.9. The molecule has 0 unspecified atom stereocenters. The number of aromatic nitrogens is 3. The van der Waals surface area contributed by atoms with E-state index < -0.39 is 0 Å². The zero-order valence-corrected chi connectivity index (χ0v) is 16.5. The predicted octanol–water partition coefficient (Wildman–Crippen LogP) is 4.29. The van der Waals surface area contributed by atoms with Gasteiger partial charge in [-0.1, -0.05) is 30.0 Å². The van der Waals surface area contributed by atoms with E-state index in [4.69, 9.17) is 14.2 Å². The molecule has 1 atom stereocenters. The number of halogens is 1. The highest BCUT2D eigenvalue weighted by Gasteiger charge is 2.28. The molecule has 0 N–H and O–H groups in total. The first-order valence-corrected chi connectivity index (χ1v) is 10.2. The van der Waals surface area contributed by atoms with E-state index in [-0.39, 0.29) is 11.9 Å². The van der Waals surface area contributed by atoms with Crippen molar-refractivity contribution in [3.63, 3.8) is 0 Å². The van der Waals surface area contributed by atoms with Gasteiger partial charge in [0.05, 0.1) is 6.61 Å².